The highest BCUT2D eigenvalue weighted by molar-refractivity contribution is 5.83. The first-order chi connectivity index (χ1) is 12.7. The van der Waals surface area contributed by atoms with Crippen molar-refractivity contribution in [1.29, 1.82) is 0 Å². The maximum atomic E-state index is 12.7. The number of amides is 1. The van der Waals surface area contributed by atoms with E-state index in [2.05, 4.69) is 15.6 Å². The molecule has 0 radical (unpaired) electrons. The number of nitrogens with zero attached hydrogens (tertiary/aromatic N) is 3. The highest BCUT2D eigenvalue weighted by Crippen LogP contribution is 2.33. The number of hydrogen-bond acceptors (Lipinski definition) is 4. The molecule has 1 saturated heterocycles. The molecule has 2 aliphatic heterocycles. The highest BCUT2D eigenvalue weighted by atomic mass is 16.6. The number of hydrogen-bond donors (Lipinski definition) is 0. The van der Waals surface area contributed by atoms with Crippen LogP contribution in [0.4, 0.5) is 0 Å². The second kappa shape index (κ2) is 5.76. The van der Waals surface area contributed by atoms with Gasteiger partial charge in [-0.05, 0) is 31.2 Å². The molecule has 2 aromatic carbocycles. The zero-order valence-electron chi connectivity index (χ0n) is 14.5. The minimum atomic E-state index is -0.577. The molecular weight excluding hydrogens is 330 g/mol. The van der Waals surface area contributed by atoms with Crippen molar-refractivity contribution in [2.24, 2.45) is 0 Å². The Kier molecular flexibility index (Phi) is 3.38. The summed E-state index contributed by atoms with van der Waals surface area (Å²) in [6.07, 6.45) is -0.577. The van der Waals surface area contributed by atoms with Crippen molar-refractivity contribution in [3.8, 4) is 11.5 Å². The third kappa shape index (κ3) is 2.33. The Morgan fingerprint density at radius 1 is 1.08 bits per heavy atom. The Bertz CT molecular complexity index is 991. The van der Waals surface area contributed by atoms with Gasteiger partial charge in [0.25, 0.3) is 5.91 Å². The van der Waals surface area contributed by atoms with E-state index in [1.807, 2.05) is 54.3 Å². The maximum absolute atomic E-state index is 12.7. The Balaban J connectivity index is 1.30. The second-order valence-corrected chi connectivity index (χ2v) is 6.78. The van der Waals surface area contributed by atoms with Gasteiger partial charge in [0.1, 0.15) is 12.4 Å². The Morgan fingerprint density at radius 3 is 2.65 bits per heavy atom. The van der Waals surface area contributed by atoms with Gasteiger partial charge in [0, 0.05) is 13.1 Å². The number of benzene rings is 2. The third-order valence-electron chi connectivity index (χ3n) is 5.10. The first-order valence-corrected chi connectivity index (χ1v) is 8.81. The summed E-state index contributed by atoms with van der Waals surface area (Å²) in [6.45, 7) is 3.60. The number of carbonyl (C=O) groups excluding carboxylic acids is 1. The number of aryl methyl sites for hydroxylation is 1. The number of carbonyl (C=O) groups is 1. The van der Waals surface area contributed by atoms with Crippen LogP contribution in [0.25, 0.3) is 11.0 Å². The molecule has 5 rings (SSSR count). The zero-order chi connectivity index (χ0) is 17.7. The summed E-state index contributed by atoms with van der Waals surface area (Å²) in [4.78, 5) is 19.2. The number of ether oxygens (including phenoxy) is 2. The van der Waals surface area contributed by atoms with Crippen LogP contribution in [0.1, 0.15) is 11.9 Å². The maximum Gasteiger partial charge on any atom is 0.267 e. The van der Waals surface area contributed by atoms with E-state index >= 15 is 0 Å². The van der Waals surface area contributed by atoms with Crippen molar-refractivity contribution >= 4 is 16.9 Å². The van der Waals surface area contributed by atoms with Gasteiger partial charge < -0.3 is 18.9 Å². The molecule has 0 N–H and O–H groups in total. The molecule has 1 atom stereocenters. The number of aromatic nitrogens is 2. The minimum Gasteiger partial charge on any atom is -0.485 e. The lowest BCUT2D eigenvalue weighted by Gasteiger charge is -2.42. The van der Waals surface area contributed by atoms with E-state index in [4.69, 9.17) is 9.47 Å². The number of likely N-dealkylation sites (tertiary alicyclic amines) is 1. The molecule has 0 aliphatic carbocycles. The summed E-state index contributed by atoms with van der Waals surface area (Å²) < 4.78 is 13.7. The van der Waals surface area contributed by atoms with Gasteiger partial charge in [0.05, 0.1) is 17.1 Å². The summed E-state index contributed by atoms with van der Waals surface area (Å²) in [5.41, 5.74) is 2.11. The molecule has 132 valence electrons. The summed E-state index contributed by atoms with van der Waals surface area (Å²) in [5.74, 6) is 2.29. The summed E-state index contributed by atoms with van der Waals surface area (Å²) >= 11 is 0. The van der Waals surface area contributed by atoms with Crippen LogP contribution in [0.2, 0.25) is 0 Å². The molecular formula is C20H19N3O3. The summed E-state index contributed by atoms with van der Waals surface area (Å²) in [6, 6.07) is 15.8. The predicted molar refractivity (Wildman–Crippen MR) is 96.4 cm³/mol. The molecule has 1 aromatic heterocycles. The van der Waals surface area contributed by atoms with Crippen molar-refractivity contribution < 1.29 is 14.3 Å². The summed E-state index contributed by atoms with van der Waals surface area (Å²) in [5, 5.41) is 0. The molecule has 3 heterocycles. The van der Waals surface area contributed by atoms with E-state index in [1.54, 1.807) is 0 Å². The molecule has 0 spiro atoms. The lowest BCUT2D eigenvalue weighted by atomic mass is 10.1. The van der Waals surface area contributed by atoms with Crippen LogP contribution in [0.3, 0.4) is 0 Å². The van der Waals surface area contributed by atoms with Crippen LogP contribution in [-0.2, 0) is 4.79 Å². The average molecular weight is 349 g/mol. The van der Waals surface area contributed by atoms with Crippen molar-refractivity contribution in [3.05, 3.63) is 54.4 Å². The monoisotopic (exact) mass is 349 g/mol. The standard InChI is InChI=1S/C20H19N3O3/c1-13-21-15-6-2-3-7-16(15)23(13)14-10-22(11-14)20(24)19-12-25-17-8-4-5-9-18(17)26-19/h2-9,14,19H,10-12H2,1H3. The summed E-state index contributed by atoms with van der Waals surface area (Å²) in [7, 11) is 0. The first-order valence-electron chi connectivity index (χ1n) is 8.81. The van der Waals surface area contributed by atoms with Crippen LogP contribution >= 0.6 is 0 Å². The van der Waals surface area contributed by atoms with Crippen molar-refractivity contribution in [1.82, 2.24) is 14.5 Å². The Hall–Kier alpha value is -3.02. The third-order valence-corrected chi connectivity index (χ3v) is 5.10. The molecule has 26 heavy (non-hydrogen) atoms. The van der Waals surface area contributed by atoms with Gasteiger partial charge in [-0.1, -0.05) is 24.3 Å². The van der Waals surface area contributed by atoms with Gasteiger partial charge >= 0.3 is 0 Å². The largest absolute Gasteiger partial charge is 0.485 e. The Morgan fingerprint density at radius 2 is 1.81 bits per heavy atom. The fourth-order valence-electron chi connectivity index (χ4n) is 3.77. The van der Waals surface area contributed by atoms with Crippen molar-refractivity contribution in [2.75, 3.05) is 19.7 Å². The van der Waals surface area contributed by atoms with E-state index < -0.39 is 6.10 Å². The molecule has 1 fully saturated rings. The lowest BCUT2D eigenvalue weighted by molar-refractivity contribution is -0.147. The van der Waals surface area contributed by atoms with E-state index in [0.29, 0.717) is 24.6 Å². The number of para-hydroxylation sites is 4. The smallest absolute Gasteiger partial charge is 0.267 e. The SMILES string of the molecule is Cc1nc2ccccc2n1C1CN(C(=O)C2COc3ccccc3O2)C1. The van der Waals surface area contributed by atoms with Crippen molar-refractivity contribution in [2.45, 2.75) is 19.1 Å². The normalized spacial score (nSPS) is 19.4. The second-order valence-electron chi connectivity index (χ2n) is 6.78. The lowest BCUT2D eigenvalue weighted by Crippen LogP contribution is -2.56. The van der Waals surface area contributed by atoms with E-state index in [0.717, 1.165) is 16.9 Å². The van der Waals surface area contributed by atoms with Crippen molar-refractivity contribution in [3.63, 3.8) is 0 Å². The van der Waals surface area contributed by atoms with Crippen LogP contribution in [0, 0.1) is 6.92 Å². The molecule has 6 nitrogen and oxygen atoms in total. The van der Waals surface area contributed by atoms with Crippen LogP contribution in [0.5, 0.6) is 11.5 Å². The van der Waals surface area contributed by atoms with Gasteiger partial charge in [-0.3, -0.25) is 4.79 Å². The molecule has 3 aromatic rings. The molecule has 0 saturated carbocycles. The fraction of sp³-hybridized carbons (Fsp3) is 0.300. The topological polar surface area (TPSA) is 56.6 Å². The molecule has 6 heteroatoms. The fourth-order valence-corrected chi connectivity index (χ4v) is 3.77. The van der Waals surface area contributed by atoms with Crippen LogP contribution in [-0.4, -0.2) is 46.2 Å². The molecule has 0 bridgehead atoms. The number of imidazole rings is 1. The molecule has 2 aliphatic rings. The van der Waals surface area contributed by atoms with Gasteiger partial charge in [0.2, 0.25) is 6.10 Å². The quantitative estimate of drug-likeness (QED) is 0.714. The van der Waals surface area contributed by atoms with Gasteiger partial charge in [-0.25, -0.2) is 4.98 Å². The minimum absolute atomic E-state index is 0.0159. The van der Waals surface area contributed by atoms with Gasteiger partial charge in [-0.2, -0.15) is 0 Å². The Labute approximate surface area is 151 Å². The first kappa shape index (κ1) is 15.3. The molecule has 1 unspecified atom stereocenters. The van der Waals surface area contributed by atoms with E-state index in [-0.39, 0.29) is 18.6 Å². The van der Waals surface area contributed by atoms with E-state index in [1.165, 1.54) is 0 Å². The highest BCUT2D eigenvalue weighted by Gasteiger charge is 2.39. The number of rotatable bonds is 2. The van der Waals surface area contributed by atoms with Crippen LogP contribution in [0.15, 0.2) is 48.5 Å². The van der Waals surface area contributed by atoms with E-state index in [9.17, 15) is 4.79 Å². The molecule has 1 amide bonds. The van der Waals surface area contributed by atoms with Gasteiger partial charge in [-0.15, -0.1) is 0 Å². The average Bonchev–Trinajstić information content (AvgIpc) is 2.96. The van der Waals surface area contributed by atoms with Crippen LogP contribution < -0.4 is 9.47 Å². The zero-order valence-corrected chi connectivity index (χ0v) is 14.5. The predicted octanol–water partition coefficient (Wildman–Crippen LogP) is 2.57. The number of fused-ring (bicyclic) bond motifs is 2. The van der Waals surface area contributed by atoms with Gasteiger partial charge in [0.15, 0.2) is 11.5 Å².